The second-order valence-electron chi connectivity index (χ2n) is 3.24. The summed E-state index contributed by atoms with van der Waals surface area (Å²) in [5.41, 5.74) is 0.273. The van der Waals surface area contributed by atoms with E-state index in [1.165, 1.54) is 7.05 Å². The molecule has 0 radical (unpaired) electrons. The summed E-state index contributed by atoms with van der Waals surface area (Å²) >= 11 is 0. The van der Waals surface area contributed by atoms with Crippen molar-refractivity contribution in [2.24, 2.45) is 0 Å². The minimum absolute atomic E-state index is 0.267. The molecule has 6 nitrogen and oxygen atoms in total. The Hall–Kier alpha value is -1.50. The summed E-state index contributed by atoms with van der Waals surface area (Å²) in [5, 5.41) is 13.1. The molecule has 0 spiro atoms. The van der Waals surface area contributed by atoms with Crippen molar-refractivity contribution in [1.29, 1.82) is 0 Å². The molecule has 1 rings (SSSR count). The summed E-state index contributed by atoms with van der Waals surface area (Å²) in [4.78, 5) is 11.2. The van der Waals surface area contributed by atoms with E-state index in [-0.39, 0.29) is 11.6 Å². The van der Waals surface area contributed by atoms with E-state index >= 15 is 0 Å². The van der Waals surface area contributed by atoms with Gasteiger partial charge in [0, 0.05) is 35.9 Å². The summed E-state index contributed by atoms with van der Waals surface area (Å²) < 4.78 is 11.2. The van der Waals surface area contributed by atoms with Gasteiger partial charge in [0.05, 0.1) is 0 Å². The normalized spacial score (nSPS) is 11.9. The molecule has 0 saturated carbocycles. The van der Waals surface area contributed by atoms with Crippen LogP contribution in [-0.4, -0.2) is 45.4 Å². The lowest BCUT2D eigenvalue weighted by Gasteiger charge is -2.04. The van der Waals surface area contributed by atoms with Gasteiger partial charge in [-0.25, -0.2) is 0 Å². The van der Waals surface area contributed by atoms with E-state index < -0.39 is 10.8 Å². The highest BCUT2D eigenvalue weighted by molar-refractivity contribution is 7.84. The fourth-order valence-electron chi connectivity index (χ4n) is 1.11. The highest BCUT2D eigenvalue weighted by atomic mass is 32.2. The van der Waals surface area contributed by atoms with E-state index in [0.717, 1.165) is 0 Å². The van der Waals surface area contributed by atoms with Crippen LogP contribution in [0.25, 0.3) is 0 Å². The van der Waals surface area contributed by atoms with Crippen molar-refractivity contribution in [2.75, 3.05) is 30.4 Å². The van der Waals surface area contributed by atoms with Crippen molar-refractivity contribution in [3.05, 3.63) is 17.8 Å². The molecule has 1 atom stereocenters. The average Bonchev–Trinajstić information content (AvgIpc) is 2.38. The third kappa shape index (κ3) is 4.48. The van der Waals surface area contributed by atoms with Crippen LogP contribution >= 0.6 is 0 Å². The van der Waals surface area contributed by atoms with Crippen molar-refractivity contribution in [3.63, 3.8) is 0 Å². The van der Waals surface area contributed by atoms with Crippen molar-refractivity contribution in [3.8, 4) is 0 Å². The van der Waals surface area contributed by atoms with Gasteiger partial charge in [-0.05, 0) is 12.1 Å². The average molecular weight is 256 g/mol. The highest BCUT2D eigenvalue weighted by Gasteiger charge is 2.05. The van der Waals surface area contributed by atoms with E-state index in [0.29, 0.717) is 23.9 Å². The van der Waals surface area contributed by atoms with Crippen LogP contribution in [-0.2, 0) is 10.8 Å². The fourth-order valence-corrected chi connectivity index (χ4v) is 1.73. The summed E-state index contributed by atoms with van der Waals surface area (Å²) in [5.74, 6) is 1.54. The first kappa shape index (κ1) is 13.6. The molecule has 1 aromatic heterocycles. The van der Waals surface area contributed by atoms with E-state index in [2.05, 4.69) is 20.8 Å². The Labute approximate surface area is 103 Å². The van der Waals surface area contributed by atoms with Gasteiger partial charge in [0.25, 0.3) is 5.91 Å². The molecule has 0 aliphatic heterocycles. The van der Waals surface area contributed by atoms with Crippen LogP contribution in [0.4, 0.5) is 5.82 Å². The molecule has 7 heteroatoms. The molecule has 0 saturated heterocycles. The lowest BCUT2D eigenvalue weighted by Crippen LogP contribution is -2.20. The second-order valence-corrected chi connectivity index (χ2v) is 5.11. The highest BCUT2D eigenvalue weighted by Crippen LogP contribution is 2.01. The number of hydrogen-bond acceptors (Lipinski definition) is 5. The maximum atomic E-state index is 11.2. The molecule has 2 N–H and O–H groups in total. The van der Waals surface area contributed by atoms with Gasteiger partial charge in [0.1, 0.15) is 5.82 Å². The smallest absolute Gasteiger partial charge is 0.271 e. The van der Waals surface area contributed by atoms with Crippen LogP contribution in [0.5, 0.6) is 0 Å². The molecule has 0 aliphatic carbocycles. The minimum atomic E-state index is -0.789. The van der Waals surface area contributed by atoms with Gasteiger partial charge in [-0.2, -0.15) is 0 Å². The molecule has 1 unspecified atom stereocenters. The van der Waals surface area contributed by atoms with Crippen molar-refractivity contribution < 1.29 is 9.00 Å². The number of amides is 1. The number of carbonyl (C=O) groups is 1. The lowest BCUT2D eigenvalue weighted by molar-refractivity contribution is 0.0957. The molecule has 1 heterocycles. The third-order valence-electron chi connectivity index (χ3n) is 2.08. The first-order valence-electron chi connectivity index (χ1n) is 5.32. The number of hydrogen-bond donors (Lipinski definition) is 2. The SMILES string of the molecule is CCS(=O)CCNc1ccc(C(=O)NC)nn1. The van der Waals surface area contributed by atoms with Gasteiger partial charge < -0.3 is 10.6 Å². The molecule has 0 aliphatic rings. The van der Waals surface area contributed by atoms with Crippen molar-refractivity contribution in [1.82, 2.24) is 15.5 Å². The van der Waals surface area contributed by atoms with E-state index in [1.807, 2.05) is 6.92 Å². The van der Waals surface area contributed by atoms with E-state index in [1.54, 1.807) is 12.1 Å². The number of anilines is 1. The summed E-state index contributed by atoms with van der Waals surface area (Å²) in [6.45, 7) is 2.46. The molecule has 0 aromatic carbocycles. The van der Waals surface area contributed by atoms with Crippen LogP contribution < -0.4 is 10.6 Å². The topological polar surface area (TPSA) is 84.0 Å². The van der Waals surface area contributed by atoms with Crippen LogP contribution in [0.1, 0.15) is 17.4 Å². The van der Waals surface area contributed by atoms with Gasteiger partial charge in [-0.3, -0.25) is 9.00 Å². The number of carbonyl (C=O) groups excluding carboxylic acids is 1. The quantitative estimate of drug-likeness (QED) is 0.749. The van der Waals surface area contributed by atoms with Crippen LogP contribution in [0.15, 0.2) is 12.1 Å². The van der Waals surface area contributed by atoms with Crippen molar-refractivity contribution in [2.45, 2.75) is 6.92 Å². The Kier molecular flexibility index (Phi) is 5.55. The first-order valence-corrected chi connectivity index (χ1v) is 6.80. The number of nitrogens with zero attached hydrogens (tertiary/aromatic N) is 2. The van der Waals surface area contributed by atoms with Gasteiger partial charge in [0.2, 0.25) is 0 Å². The maximum absolute atomic E-state index is 11.2. The lowest BCUT2D eigenvalue weighted by atomic mass is 10.3. The monoisotopic (exact) mass is 256 g/mol. The maximum Gasteiger partial charge on any atom is 0.271 e. The van der Waals surface area contributed by atoms with Crippen LogP contribution in [0.3, 0.4) is 0 Å². The van der Waals surface area contributed by atoms with Gasteiger partial charge in [0.15, 0.2) is 5.69 Å². The molecule has 1 amide bonds. The molecule has 1 aromatic rings. The minimum Gasteiger partial charge on any atom is -0.368 e. The van der Waals surface area contributed by atoms with Crippen molar-refractivity contribution >= 4 is 22.5 Å². The van der Waals surface area contributed by atoms with E-state index in [9.17, 15) is 9.00 Å². The van der Waals surface area contributed by atoms with Gasteiger partial charge in [-0.15, -0.1) is 10.2 Å². The van der Waals surface area contributed by atoms with Gasteiger partial charge in [-0.1, -0.05) is 6.92 Å². The summed E-state index contributed by atoms with van der Waals surface area (Å²) in [6, 6.07) is 3.26. The molecule has 0 fully saturated rings. The molecule has 17 heavy (non-hydrogen) atoms. The Morgan fingerprint density at radius 3 is 2.71 bits per heavy atom. The summed E-state index contributed by atoms with van der Waals surface area (Å²) in [7, 11) is 0.749. The zero-order valence-electron chi connectivity index (χ0n) is 9.90. The second kappa shape index (κ2) is 6.95. The molecular formula is C10H16N4O2S. The largest absolute Gasteiger partial charge is 0.368 e. The molecule has 0 bridgehead atoms. The predicted octanol–water partition coefficient (Wildman–Crippen LogP) is 0.0167. The first-order chi connectivity index (χ1) is 8.17. The standard InChI is InChI=1S/C10H16N4O2S/c1-3-17(16)7-6-12-9-5-4-8(13-14-9)10(15)11-2/h4-5H,3,6-7H2,1-2H3,(H,11,15)(H,12,14). The number of aromatic nitrogens is 2. The van der Waals surface area contributed by atoms with E-state index in [4.69, 9.17) is 0 Å². The zero-order chi connectivity index (χ0) is 12.7. The number of nitrogens with one attached hydrogen (secondary N) is 2. The van der Waals surface area contributed by atoms with Crippen LogP contribution in [0.2, 0.25) is 0 Å². The molecular weight excluding hydrogens is 240 g/mol. The summed E-state index contributed by atoms with van der Waals surface area (Å²) in [6.07, 6.45) is 0. The molecule has 94 valence electrons. The number of rotatable bonds is 6. The van der Waals surface area contributed by atoms with Crippen LogP contribution in [0, 0.1) is 0 Å². The van der Waals surface area contributed by atoms with Gasteiger partial charge >= 0.3 is 0 Å². The fraction of sp³-hybridized carbons (Fsp3) is 0.500. The Morgan fingerprint density at radius 2 is 2.18 bits per heavy atom. The predicted molar refractivity (Wildman–Crippen MR) is 67.5 cm³/mol. The Morgan fingerprint density at radius 1 is 1.41 bits per heavy atom. The zero-order valence-corrected chi connectivity index (χ0v) is 10.7. The third-order valence-corrected chi connectivity index (χ3v) is 3.39. The Bertz CT molecular complexity index is 394. The Balaban J connectivity index is 2.46.